The molecule has 0 aliphatic heterocycles. The van der Waals surface area contributed by atoms with E-state index >= 15 is 0 Å². The van der Waals surface area contributed by atoms with Crippen LogP contribution in [0.5, 0.6) is 0 Å². The quantitative estimate of drug-likeness (QED) is 0.124. The van der Waals surface area contributed by atoms with Crippen LogP contribution in [0.3, 0.4) is 0 Å². The lowest BCUT2D eigenvalue weighted by Crippen LogP contribution is -2.54. The molecule has 0 unspecified atom stereocenters. The van der Waals surface area contributed by atoms with Gasteiger partial charge in [0.1, 0.15) is 24.3 Å². The van der Waals surface area contributed by atoms with E-state index in [0.717, 1.165) is 22.3 Å². The third-order valence-corrected chi connectivity index (χ3v) is 7.95. The van der Waals surface area contributed by atoms with E-state index in [1.54, 1.807) is 46.8 Å². The van der Waals surface area contributed by atoms with Gasteiger partial charge >= 0.3 is 18.1 Å². The van der Waals surface area contributed by atoms with Crippen LogP contribution in [0, 0.1) is 5.92 Å². The summed E-state index contributed by atoms with van der Waals surface area (Å²) in [5.74, 6) is -2.10. The Morgan fingerprint density at radius 1 is 0.816 bits per heavy atom. The molecule has 12 nitrogen and oxygen atoms in total. The highest BCUT2D eigenvalue weighted by Gasteiger charge is 2.32. The molecule has 1 aliphatic rings. The lowest BCUT2D eigenvalue weighted by molar-refractivity contribution is -0.128. The van der Waals surface area contributed by atoms with E-state index in [1.807, 2.05) is 48.5 Å². The first kappa shape index (κ1) is 36.4. The third kappa shape index (κ3) is 10.1. The van der Waals surface area contributed by atoms with Crippen LogP contribution in [0.15, 0.2) is 72.8 Å². The second-order valence-electron chi connectivity index (χ2n) is 13.3. The molecule has 260 valence electrons. The number of fused-ring (bicyclic) bond motifs is 3. The second kappa shape index (κ2) is 16.1. The number of nitrogens with two attached hydrogens (primary N) is 1. The molecule has 0 saturated carbocycles. The number of primary amides is 1. The standard InChI is InChI=1S/C37H45N5O7/c1-22(2)31(42-36(47)48-21-29-27-13-8-6-11-25(27)26-12-7-9-14-28(26)29)33(44)41-30(15-10-20-39-35(38)46)32(43)40-24-18-16-23(17-19-24)34(45)49-37(3,4)5/h6-9,11-14,16-19,22,29-31H,10,15,20-21H2,1-5H3,(H,40,43)(H,41,44)(H,42,47)(H3,38,39,46)/t30-,31-/m0/s1. The number of esters is 1. The van der Waals surface area contributed by atoms with Crippen molar-refractivity contribution in [2.45, 2.75) is 71.1 Å². The van der Waals surface area contributed by atoms with E-state index in [9.17, 15) is 24.0 Å². The van der Waals surface area contributed by atoms with Gasteiger partial charge in [0, 0.05) is 18.2 Å². The molecule has 3 aromatic rings. The number of benzene rings is 3. The van der Waals surface area contributed by atoms with E-state index in [-0.39, 0.29) is 31.4 Å². The number of carbonyl (C=O) groups excluding carboxylic acids is 5. The van der Waals surface area contributed by atoms with Gasteiger partial charge < -0.3 is 36.5 Å². The number of hydrogen-bond acceptors (Lipinski definition) is 7. The van der Waals surface area contributed by atoms with E-state index in [0.29, 0.717) is 17.7 Å². The maximum absolute atomic E-state index is 13.5. The molecule has 0 bridgehead atoms. The summed E-state index contributed by atoms with van der Waals surface area (Å²) in [5, 5.41) is 10.7. The summed E-state index contributed by atoms with van der Waals surface area (Å²) in [5.41, 5.74) is 9.54. The lowest BCUT2D eigenvalue weighted by Gasteiger charge is -2.25. The Kier molecular flexibility index (Phi) is 12.0. The molecule has 0 radical (unpaired) electrons. The largest absolute Gasteiger partial charge is 0.456 e. The highest BCUT2D eigenvalue weighted by atomic mass is 16.6. The highest BCUT2D eigenvalue weighted by Crippen LogP contribution is 2.44. The van der Waals surface area contributed by atoms with Crippen LogP contribution in [-0.4, -0.2) is 60.7 Å². The summed E-state index contributed by atoms with van der Waals surface area (Å²) in [6.07, 6.45) is -0.276. The van der Waals surface area contributed by atoms with Crippen LogP contribution in [-0.2, 0) is 19.1 Å². The highest BCUT2D eigenvalue weighted by molar-refractivity contribution is 5.99. The monoisotopic (exact) mass is 671 g/mol. The maximum Gasteiger partial charge on any atom is 0.407 e. The predicted molar refractivity (Wildman–Crippen MR) is 186 cm³/mol. The first-order valence-electron chi connectivity index (χ1n) is 16.3. The Balaban J connectivity index is 1.40. The van der Waals surface area contributed by atoms with Gasteiger partial charge in [0.2, 0.25) is 11.8 Å². The summed E-state index contributed by atoms with van der Waals surface area (Å²) in [4.78, 5) is 63.5. The molecule has 5 amide bonds. The molecule has 4 rings (SSSR count). The molecular weight excluding hydrogens is 626 g/mol. The number of amides is 5. The summed E-state index contributed by atoms with van der Waals surface area (Å²) >= 11 is 0. The number of urea groups is 1. The molecule has 0 spiro atoms. The van der Waals surface area contributed by atoms with Crippen molar-refractivity contribution >= 4 is 35.6 Å². The number of alkyl carbamates (subject to hydrolysis) is 1. The van der Waals surface area contributed by atoms with E-state index in [4.69, 9.17) is 15.2 Å². The number of anilines is 1. The second-order valence-corrected chi connectivity index (χ2v) is 13.3. The van der Waals surface area contributed by atoms with E-state index in [2.05, 4.69) is 21.3 Å². The van der Waals surface area contributed by atoms with Crippen LogP contribution < -0.4 is 27.0 Å². The minimum absolute atomic E-state index is 0.0803. The molecule has 0 heterocycles. The van der Waals surface area contributed by atoms with Gasteiger partial charge in [-0.15, -0.1) is 0 Å². The normalized spacial score (nSPS) is 13.3. The van der Waals surface area contributed by atoms with Crippen molar-refractivity contribution in [2.24, 2.45) is 11.7 Å². The topological polar surface area (TPSA) is 178 Å². The molecule has 2 atom stereocenters. The molecule has 1 aliphatic carbocycles. The zero-order valence-corrected chi connectivity index (χ0v) is 28.5. The molecule has 12 heteroatoms. The van der Waals surface area contributed by atoms with E-state index in [1.165, 1.54) is 12.1 Å². The summed E-state index contributed by atoms with van der Waals surface area (Å²) in [6, 6.07) is 19.4. The molecule has 49 heavy (non-hydrogen) atoms. The van der Waals surface area contributed by atoms with Crippen molar-refractivity contribution < 1.29 is 33.4 Å². The van der Waals surface area contributed by atoms with Crippen molar-refractivity contribution in [1.29, 1.82) is 0 Å². The Hall–Kier alpha value is -5.39. The smallest absolute Gasteiger partial charge is 0.407 e. The molecule has 6 N–H and O–H groups in total. The van der Waals surface area contributed by atoms with Gasteiger partial charge in [-0.3, -0.25) is 9.59 Å². The van der Waals surface area contributed by atoms with Gasteiger partial charge in [-0.05, 0) is 86.1 Å². The van der Waals surface area contributed by atoms with Crippen molar-refractivity contribution in [2.75, 3.05) is 18.5 Å². The zero-order chi connectivity index (χ0) is 35.7. The number of ether oxygens (including phenoxy) is 2. The molecule has 0 aromatic heterocycles. The third-order valence-electron chi connectivity index (χ3n) is 7.95. The zero-order valence-electron chi connectivity index (χ0n) is 28.5. The first-order valence-corrected chi connectivity index (χ1v) is 16.3. The minimum atomic E-state index is -1.03. The van der Waals surface area contributed by atoms with Crippen molar-refractivity contribution in [3.63, 3.8) is 0 Å². The van der Waals surface area contributed by atoms with Gasteiger partial charge in [-0.1, -0.05) is 62.4 Å². The van der Waals surface area contributed by atoms with Crippen LogP contribution in [0.4, 0.5) is 15.3 Å². The van der Waals surface area contributed by atoms with Crippen molar-refractivity contribution in [1.82, 2.24) is 16.0 Å². The van der Waals surface area contributed by atoms with Crippen LogP contribution in [0.25, 0.3) is 11.1 Å². The number of hydrogen-bond donors (Lipinski definition) is 5. The fourth-order valence-corrected chi connectivity index (χ4v) is 5.61. The Morgan fingerprint density at radius 2 is 1.41 bits per heavy atom. The van der Waals surface area contributed by atoms with Crippen molar-refractivity contribution in [3.05, 3.63) is 89.5 Å². The Bertz CT molecular complexity index is 1620. The van der Waals surface area contributed by atoms with Crippen LogP contribution in [0.2, 0.25) is 0 Å². The average Bonchev–Trinajstić information content (AvgIpc) is 3.36. The average molecular weight is 672 g/mol. The Labute approximate surface area is 286 Å². The fourth-order valence-electron chi connectivity index (χ4n) is 5.61. The van der Waals surface area contributed by atoms with E-state index < -0.39 is 47.6 Å². The summed E-state index contributed by atoms with van der Waals surface area (Å²) in [6.45, 7) is 9.11. The molecule has 0 fully saturated rings. The number of carbonyl (C=O) groups is 5. The molecular formula is C37H45N5O7. The van der Waals surface area contributed by atoms with Gasteiger partial charge in [0.05, 0.1) is 5.56 Å². The minimum Gasteiger partial charge on any atom is -0.456 e. The van der Waals surface area contributed by atoms with Crippen LogP contribution in [0.1, 0.15) is 74.9 Å². The lowest BCUT2D eigenvalue weighted by atomic mass is 9.98. The first-order chi connectivity index (χ1) is 23.2. The summed E-state index contributed by atoms with van der Waals surface area (Å²) < 4.78 is 11.0. The maximum atomic E-state index is 13.5. The van der Waals surface area contributed by atoms with Crippen LogP contribution >= 0.6 is 0 Å². The number of nitrogens with one attached hydrogen (secondary N) is 4. The molecule has 0 saturated heterocycles. The van der Waals surface area contributed by atoms with Gasteiger partial charge in [-0.2, -0.15) is 0 Å². The fraction of sp³-hybridized carbons (Fsp3) is 0.378. The predicted octanol–water partition coefficient (Wildman–Crippen LogP) is 5.08. The van der Waals surface area contributed by atoms with Gasteiger partial charge in [-0.25, -0.2) is 14.4 Å². The summed E-state index contributed by atoms with van der Waals surface area (Å²) in [7, 11) is 0. The SMILES string of the molecule is CC(C)[C@H](NC(=O)OCC1c2ccccc2-c2ccccc21)C(=O)N[C@@H](CCCNC(N)=O)C(=O)Nc1ccc(C(=O)OC(C)(C)C)cc1. The van der Waals surface area contributed by atoms with Crippen molar-refractivity contribution in [3.8, 4) is 11.1 Å². The van der Waals surface area contributed by atoms with Gasteiger partial charge in [0.15, 0.2) is 0 Å². The Morgan fingerprint density at radius 3 is 1.96 bits per heavy atom. The number of rotatable bonds is 13. The molecule has 3 aromatic carbocycles. The van der Waals surface area contributed by atoms with Gasteiger partial charge in [0.25, 0.3) is 0 Å².